The Labute approximate surface area is 108 Å². The number of aromatic carboxylic acids is 1. The zero-order valence-corrected chi connectivity index (χ0v) is 11.3. The van der Waals surface area contributed by atoms with E-state index in [9.17, 15) is 4.79 Å². The normalized spacial score (nSPS) is 10.8. The van der Waals surface area contributed by atoms with Gasteiger partial charge in [0.1, 0.15) is 0 Å². The number of aryl methyl sites for hydroxylation is 2. The van der Waals surface area contributed by atoms with Crippen LogP contribution in [0, 0.1) is 6.92 Å². The Bertz CT molecular complexity index is 397. The molecular formula is C13H20ClNO2. The maximum absolute atomic E-state index is 10.8. The Kier molecular flexibility index (Phi) is 5.66. The van der Waals surface area contributed by atoms with Crippen molar-refractivity contribution in [2.24, 2.45) is 5.73 Å². The van der Waals surface area contributed by atoms with Gasteiger partial charge in [-0.2, -0.15) is 0 Å². The minimum Gasteiger partial charge on any atom is -0.478 e. The lowest BCUT2D eigenvalue weighted by molar-refractivity contribution is 0.0696. The van der Waals surface area contributed by atoms with Gasteiger partial charge in [-0.1, -0.05) is 12.1 Å². The van der Waals surface area contributed by atoms with Crippen molar-refractivity contribution < 1.29 is 9.90 Å². The van der Waals surface area contributed by atoms with Gasteiger partial charge in [-0.25, -0.2) is 4.79 Å². The second-order valence-electron chi connectivity index (χ2n) is 4.94. The van der Waals surface area contributed by atoms with Crippen LogP contribution in [-0.2, 0) is 6.42 Å². The predicted molar refractivity (Wildman–Crippen MR) is 72.0 cm³/mol. The van der Waals surface area contributed by atoms with Gasteiger partial charge in [0, 0.05) is 5.54 Å². The van der Waals surface area contributed by atoms with Crippen LogP contribution < -0.4 is 5.73 Å². The second-order valence-corrected chi connectivity index (χ2v) is 4.94. The molecule has 0 saturated carbocycles. The van der Waals surface area contributed by atoms with E-state index in [4.69, 9.17) is 10.8 Å². The largest absolute Gasteiger partial charge is 0.478 e. The van der Waals surface area contributed by atoms with Gasteiger partial charge in [0.05, 0.1) is 5.56 Å². The van der Waals surface area contributed by atoms with Crippen molar-refractivity contribution in [1.82, 2.24) is 0 Å². The van der Waals surface area contributed by atoms with E-state index in [1.54, 1.807) is 6.07 Å². The number of nitrogens with two attached hydrogens (primary N) is 1. The average Bonchev–Trinajstić information content (AvgIpc) is 2.13. The van der Waals surface area contributed by atoms with Crippen LogP contribution in [0.15, 0.2) is 18.2 Å². The van der Waals surface area contributed by atoms with E-state index >= 15 is 0 Å². The van der Waals surface area contributed by atoms with E-state index in [-0.39, 0.29) is 17.9 Å². The highest BCUT2D eigenvalue weighted by Crippen LogP contribution is 2.15. The zero-order valence-electron chi connectivity index (χ0n) is 10.5. The summed E-state index contributed by atoms with van der Waals surface area (Å²) in [5, 5.41) is 8.90. The number of carboxylic acids is 1. The molecule has 1 aromatic carbocycles. The number of carboxylic acid groups (broad SMARTS) is 1. The Morgan fingerprint density at radius 2 is 2.00 bits per heavy atom. The molecule has 0 aliphatic rings. The molecule has 0 aliphatic heterocycles. The van der Waals surface area contributed by atoms with Gasteiger partial charge in [0.2, 0.25) is 0 Å². The minimum absolute atomic E-state index is 0. The first kappa shape index (κ1) is 15.9. The molecule has 0 spiro atoms. The maximum atomic E-state index is 10.8. The second kappa shape index (κ2) is 6.03. The fourth-order valence-corrected chi connectivity index (χ4v) is 1.59. The van der Waals surface area contributed by atoms with Crippen LogP contribution in [0.25, 0.3) is 0 Å². The first-order valence-electron chi connectivity index (χ1n) is 5.41. The molecule has 0 heterocycles. The van der Waals surface area contributed by atoms with Crippen LogP contribution in [0.4, 0.5) is 0 Å². The molecule has 3 nitrogen and oxygen atoms in total. The number of halogens is 1. The Balaban J connectivity index is 0.00000256. The summed E-state index contributed by atoms with van der Waals surface area (Å²) in [6.07, 6.45) is 1.77. The van der Waals surface area contributed by atoms with Crippen LogP contribution in [0.3, 0.4) is 0 Å². The molecule has 17 heavy (non-hydrogen) atoms. The quantitative estimate of drug-likeness (QED) is 0.872. The van der Waals surface area contributed by atoms with Gasteiger partial charge in [-0.3, -0.25) is 0 Å². The summed E-state index contributed by atoms with van der Waals surface area (Å²) in [4.78, 5) is 10.8. The standard InChI is InChI=1S/C13H19NO2.ClH/c1-9-8-10(6-7-13(2,3)14)4-5-11(9)12(15)16;/h4-5,8H,6-7,14H2,1-3H3,(H,15,16);1H. The highest BCUT2D eigenvalue weighted by Gasteiger charge is 2.12. The third kappa shape index (κ3) is 5.20. The van der Waals surface area contributed by atoms with Crippen molar-refractivity contribution in [1.29, 1.82) is 0 Å². The van der Waals surface area contributed by atoms with Crippen LogP contribution in [0.1, 0.15) is 41.8 Å². The van der Waals surface area contributed by atoms with E-state index in [1.807, 2.05) is 32.9 Å². The van der Waals surface area contributed by atoms with E-state index in [0.29, 0.717) is 5.56 Å². The van der Waals surface area contributed by atoms with Crippen LogP contribution >= 0.6 is 12.4 Å². The first-order valence-corrected chi connectivity index (χ1v) is 5.41. The fourth-order valence-electron chi connectivity index (χ4n) is 1.59. The summed E-state index contributed by atoms with van der Waals surface area (Å²) in [7, 11) is 0. The van der Waals surface area contributed by atoms with E-state index in [2.05, 4.69) is 0 Å². The number of carbonyl (C=O) groups is 1. The lowest BCUT2D eigenvalue weighted by atomic mass is 9.95. The summed E-state index contributed by atoms with van der Waals surface area (Å²) in [5.41, 5.74) is 8.04. The molecule has 4 heteroatoms. The lowest BCUT2D eigenvalue weighted by Crippen LogP contribution is -2.32. The van der Waals surface area contributed by atoms with Crippen LogP contribution in [-0.4, -0.2) is 16.6 Å². The summed E-state index contributed by atoms with van der Waals surface area (Å²) >= 11 is 0. The topological polar surface area (TPSA) is 63.3 Å². The van der Waals surface area contributed by atoms with Gasteiger partial charge >= 0.3 is 5.97 Å². The van der Waals surface area contributed by atoms with Gasteiger partial charge in [0.15, 0.2) is 0 Å². The molecule has 0 fully saturated rings. The average molecular weight is 258 g/mol. The third-order valence-corrected chi connectivity index (χ3v) is 2.58. The van der Waals surface area contributed by atoms with Gasteiger partial charge < -0.3 is 10.8 Å². The molecule has 96 valence electrons. The highest BCUT2D eigenvalue weighted by atomic mass is 35.5. The summed E-state index contributed by atoms with van der Waals surface area (Å²) in [6, 6.07) is 5.45. The summed E-state index contributed by atoms with van der Waals surface area (Å²) < 4.78 is 0. The van der Waals surface area contributed by atoms with E-state index in [0.717, 1.165) is 24.0 Å². The smallest absolute Gasteiger partial charge is 0.335 e. The van der Waals surface area contributed by atoms with Crippen LogP contribution in [0.5, 0.6) is 0 Å². The maximum Gasteiger partial charge on any atom is 0.335 e. The van der Waals surface area contributed by atoms with Crippen molar-refractivity contribution in [2.75, 3.05) is 0 Å². The van der Waals surface area contributed by atoms with Gasteiger partial charge in [-0.15, -0.1) is 12.4 Å². The van der Waals surface area contributed by atoms with Crippen molar-refractivity contribution in [3.05, 3.63) is 34.9 Å². The first-order chi connectivity index (χ1) is 7.29. The molecule has 0 atom stereocenters. The van der Waals surface area contributed by atoms with Crippen molar-refractivity contribution in [2.45, 2.75) is 39.2 Å². The molecule has 0 unspecified atom stereocenters. The van der Waals surface area contributed by atoms with Crippen LogP contribution in [0.2, 0.25) is 0 Å². The Hall–Kier alpha value is -1.06. The SMILES string of the molecule is Cc1cc(CCC(C)(C)N)ccc1C(=O)O.Cl. The molecule has 0 bridgehead atoms. The number of benzene rings is 1. The van der Waals surface area contributed by atoms with E-state index in [1.165, 1.54) is 0 Å². The monoisotopic (exact) mass is 257 g/mol. The molecule has 0 saturated heterocycles. The predicted octanol–water partition coefficient (Wildman–Crippen LogP) is 2.78. The summed E-state index contributed by atoms with van der Waals surface area (Å²) in [5.74, 6) is -0.872. The molecule has 0 aliphatic carbocycles. The molecule has 0 radical (unpaired) electrons. The van der Waals surface area contributed by atoms with Gasteiger partial charge in [0.25, 0.3) is 0 Å². The van der Waals surface area contributed by atoms with Crippen molar-refractivity contribution >= 4 is 18.4 Å². The molecule has 3 N–H and O–H groups in total. The number of hydrogen-bond donors (Lipinski definition) is 2. The molecule has 1 rings (SSSR count). The fraction of sp³-hybridized carbons (Fsp3) is 0.462. The zero-order chi connectivity index (χ0) is 12.3. The number of rotatable bonds is 4. The van der Waals surface area contributed by atoms with Crippen molar-refractivity contribution in [3.8, 4) is 0 Å². The molecule has 1 aromatic rings. The lowest BCUT2D eigenvalue weighted by Gasteiger charge is -2.18. The van der Waals surface area contributed by atoms with E-state index < -0.39 is 5.97 Å². The Morgan fingerprint density at radius 1 is 1.41 bits per heavy atom. The molecule has 0 amide bonds. The Morgan fingerprint density at radius 3 is 2.41 bits per heavy atom. The van der Waals surface area contributed by atoms with Crippen molar-refractivity contribution in [3.63, 3.8) is 0 Å². The third-order valence-electron chi connectivity index (χ3n) is 2.58. The summed E-state index contributed by atoms with van der Waals surface area (Å²) in [6.45, 7) is 5.80. The van der Waals surface area contributed by atoms with Gasteiger partial charge in [-0.05, 0) is 50.8 Å². The molecule has 0 aromatic heterocycles. The minimum atomic E-state index is -0.872. The molecular weight excluding hydrogens is 238 g/mol. The number of hydrogen-bond acceptors (Lipinski definition) is 2. The highest BCUT2D eigenvalue weighted by molar-refractivity contribution is 5.89.